The van der Waals surface area contributed by atoms with Crippen molar-refractivity contribution in [3.8, 4) is 0 Å². The molecule has 0 aliphatic heterocycles. The number of aromatic carboxylic acids is 1. The third kappa shape index (κ3) is 2.16. The largest absolute Gasteiger partial charge is 0.478 e. The first kappa shape index (κ1) is 13.6. The summed E-state index contributed by atoms with van der Waals surface area (Å²) in [6, 6.07) is 4.62. The zero-order valence-corrected chi connectivity index (χ0v) is 11.7. The molecule has 1 heterocycles. The van der Waals surface area contributed by atoms with Crippen LogP contribution in [-0.2, 0) is 6.54 Å². The van der Waals surface area contributed by atoms with E-state index in [1.165, 1.54) is 10.6 Å². The summed E-state index contributed by atoms with van der Waals surface area (Å²) in [6.07, 6.45) is 3.05. The Morgan fingerprint density at radius 2 is 2.10 bits per heavy atom. The minimum absolute atomic E-state index is 0.0313. The fraction of sp³-hybridized carbons (Fsp3) is 0.400. The van der Waals surface area contributed by atoms with Crippen molar-refractivity contribution >= 4 is 17.0 Å². The first-order chi connectivity index (χ1) is 9.91. The van der Waals surface area contributed by atoms with Crippen molar-refractivity contribution in [3.63, 3.8) is 0 Å². The number of hydrogen-bond donors (Lipinski definition) is 2. The molecule has 1 aliphatic carbocycles. The van der Waals surface area contributed by atoms with E-state index in [-0.39, 0.29) is 11.0 Å². The van der Waals surface area contributed by atoms with E-state index >= 15 is 0 Å². The number of benzene rings is 1. The highest BCUT2D eigenvalue weighted by Crippen LogP contribution is 2.41. The van der Waals surface area contributed by atoms with Crippen LogP contribution in [0.3, 0.4) is 0 Å². The molecule has 21 heavy (non-hydrogen) atoms. The maximum absolute atomic E-state index is 12.2. The van der Waals surface area contributed by atoms with Crippen LogP contribution in [0.1, 0.15) is 36.5 Å². The zero-order chi connectivity index (χ0) is 15.2. The molecule has 0 unspecified atom stereocenters. The summed E-state index contributed by atoms with van der Waals surface area (Å²) in [5.74, 6) is -1.11. The van der Waals surface area contributed by atoms with Gasteiger partial charge in [-0.15, -0.1) is 0 Å². The second-order valence-corrected chi connectivity index (χ2v) is 6.02. The molecule has 2 N–H and O–H groups in total. The molecule has 1 aliphatic rings. The fourth-order valence-corrected chi connectivity index (χ4v) is 2.98. The van der Waals surface area contributed by atoms with Crippen LogP contribution < -0.4 is 11.1 Å². The molecule has 3 rings (SSSR count). The zero-order valence-electron chi connectivity index (χ0n) is 11.7. The van der Waals surface area contributed by atoms with Crippen LogP contribution in [0.15, 0.2) is 27.8 Å². The molecule has 1 aromatic heterocycles. The Balaban J connectivity index is 2.33. The number of H-pyrrole nitrogens is 1. The minimum Gasteiger partial charge on any atom is -0.478 e. The standard InChI is InChI=1S/C15H16N2O4/c1-15(6-3-7-15)8-17-11-9(14(20)21)4-2-5-10(11)16-12(18)13(17)19/h2,4-5H,3,6-8H2,1H3,(H,16,18)(H,20,21). The van der Waals surface area contributed by atoms with Crippen molar-refractivity contribution in [2.45, 2.75) is 32.7 Å². The monoisotopic (exact) mass is 288 g/mol. The molecule has 0 atom stereocenters. The molecule has 0 saturated heterocycles. The molecule has 0 bridgehead atoms. The minimum atomic E-state index is -1.11. The van der Waals surface area contributed by atoms with Crippen LogP contribution in [0.25, 0.3) is 11.0 Å². The Morgan fingerprint density at radius 1 is 1.38 bits per heavy atom. The smallest absolute Gasteiger partial charge is 0.337 e. The highest BCUT2D eigenvalue weighted by Gasteiger charge is 2.33. The average Bonchev–Trinajstić information content (AvgIpc) is 2.41. The highest BCUT2D eigenvalue weighted by atomic mass is 16.4. The molecule has 6 heteroatoms. The number of hydrogen-bond acceptors (Lipinski definition) is 3. The second kappa shape index (κ2) is 4.58. The van der Waals surface area contributed by atoms with Gasteiger partial charge in [0.1, 0.15) is 0 Å². The molecule has 1 aromatic carbocycles. The molecule has 0 spiro atoms. The number of para-hydroxylation sites is 1. The topological polar surface area (TPSA) is 92.2 Å². The van der Waals surface area contributed by atoms with Gasteiger partial charge in [-0.2, -0.15) is 0 Å². The van der Waals surface area contributed by atoms with Crippen LogP contribution >= 0.6 is 0 Å². The van der Waals surface area contributed by atoms with Crippen molar-refractivity contribution in [2.75, 3.05) is 0 Å². The average molecular weight is 288 g/mol. The van der Waals surface area contributed by atoms with Crippen molar-refractivity contribution in [1.29, 1.82) is 0 Å². The molecule has 1 saturated carbocycles. The van der Waals surface area contributed by atoms with Crippen LogP contribution in [0.2, 0.25) is 0 Å². The first-order valence-electron chi connectivity index (χ1n) is 6.90. The fourth-order valence-electron chi connectivity index (χ4n) is 2.98. The predicted octanol–water partition coefficient (Wildman–Crippen LogP) is 1.58. The molecule has 0 radical (unpaired) electrons. The molecule has 1 fully saturated rings. The Kier molecular flexibility index (Phi) is 2.97. The first-order valence-corrected chi connectivity index (χ1v) is 6.90. The lowest BCUT2D eigenvalue weighted by atomic mass is 9.70. The van der Waals surface area contributed by atoms with E-state index in [4.69, 9.17) is 0 Å². The van der Waals surface area contributed by atoms with E-state index < -0.39 is 17.1 Å². The Hall–Kier alpha value is -2.37. The van der Waals surface area contributed by atoms with E-state index in [1.54, 1.807) is 12.1 Å². The molecular formula is C15H16N2O4. The van der Waals surface area contributed by atoms with Gasteiger partial charge in [-0.05, 0) is 30.4 Å². The predicted molar refractivity (Wildman–Crippen MR) is 77.7 cm³/mol. The van der Waals surface area contributed by atoms with Crippen molar-refractivity contribution in [3.05, 3.63) is 44.5 Å². The maximum Gasteiger partial charge on any atom is 0.337 e. The number of nitrogens with zero attached hydrogens (tertiary/aromatic N) is 1. The molecule has 110 valence electrons. The number of carbonyl (C=O) groups is 1. The normalized spacial score (nSPS) is 16.6. The number of carboxylic acid groups (broad SMARTS) is 1. The highest BCUT2D eigenvalue weighted by molar-refractivity contribution is 6.00. The molecule has 6 nitrogen and oxygen atoms in total. The summed E-state index contributed by atoms with van der Waals surface area (Å²) in [6.45, 7) is 2.43. The van der Waals surface area contributed by atoms with E-state index in [0.717, 1.165) is 19.3 Å². The second-order valence-electron chi connectivity index (χ2n) is 6.02. The van der Waals surface area contributed by atoms with E-state index in [2.05, 4.69) is 11.9 Å². The lowest BCUT2D eigenvalue weighted by molar-refractivity contribution is 0.0697. The maximum atomic E-state index is 12.2. The summed E-state index contributed by atoms with van der Waals surface area (Å²) in [4.78, 5) is 37.9. The van der Waals surface area contributed by atoms with Gasteiger partial charge in [0.25, 0.3) is 0 Å². The SMILES string of the molecule is CC1(Cn2c(=O)c(=O)[nH]c3cccc(C(=O)O)c32)CCC1. The van der Waals surface area contributed by atoms with Crippen LogP contribution in [0.4, 0.5) is 0 Å². The number of aromatic nitrogens is 2. The lowest BCUT2D eigenvalue weighted by Gasteiger charge is -2.39. The number of carboxylic acids is 1. The Morgan fingerprint density at radius 3 is 2.67 bits per heavy atom. The van der Waals surface area contributed by atoms with Gasteiger partial charge >= 0.3 is 17.1 Å². The van der Waals surface area contributed by atoms with Crippen molar-refractivity contribution in [2.24, 2.45) is 5.41 Å². The third-order valence-electron chi connectivity index (χ3n) is 4.32. The van der Waals surface area contributed by atoms with Gasteiger partial charge in [0.2, 0.25) is 0 Å². The van der Waals surface area contributed by atoms with E-state index in [0.29, 0.717) is 17.6 Å². The van der Waals surface area contributed by atoms with Gasteiger partial charge < -0.3 is 14.7 Å². The summed E-state index contributed by atoms with van der Waals surface area (Å²) in [5.41, 5.74) is -0.748. The summed E-state index contributed by atoms with van der Waals surface area (Å²) in [5, 5.41) is 9.33. The summed E-state index contributed by atoms with van der Waals surface area (Å²) in [7, 11) is 0. The number of fused-ring (bicyclic) bond motifs is 1. The van der Waals surface area contributed by atoms with Crippen molar-refractivity contribution in [1.82, 2.24) is 9.55 Å². The quantitative estimate of drug-likeness (QED) is 0.839. The number of rotatable bonds is 3. The molecule has 0 amide bonds. The van der Waals surface area contributed by atoms with E-state index in [9.17, 15) is 19.5 Å². The summed E-state index contributed by atoms with van der Waals surface area (Å²) >= 11 is 0. The van der Waals surface area contributed by atoms with Gasteiger partial charge in [0.15, 0.2) is 0 Å². The van der Waals surface area contributed by atoms with Gasteiger partial charge in [-0.3, -0.25) is 9.59 Å². The van der Waals surface area contributed by atoms with E-state index in [1.807, 2.05) is 0 Å². The van der Waals surface area contributed by atoms with Crippen LogP contribution in [-0.4, -0.2) is 20.6 Å². The number of nitrogens with one attached hydrogen (secondary N) is 1. The summed E-state index contributed by atoms with van der Waals surface area (Å²) < 4.78 is 1.33. The number of aromatic amines is 1. The molecular weight excluding hydrogens is 272 g/mol. The molecule has 2 aromatic rings. The van der Waals surface area contributed by atoms with Gasteiger partial charge in [-0.25, -0.2) is 4.79 Å². The van der Waals surface area contributed by atoms with Crippen LogP contribution in [0.5, 0.6) is 0 Å². The Bertz CT molecular complexity index is 843. The Labute approximate surface area is 120 Å². The van der Waals surface area contributed by atoms with Crippen LogP contribution in [0, 0.1) is 5.41 Å². The van der Waals surface area contributed by atoms with Gasteiger partial charge in [0.05, 0.1) is 16.6 Å². The van der Waals surface area contributed by atoms with Crippen molar-refractivity contribution < 1.29 is 9.90 Å². The third-order valence-corrected chi connectivity index (χ3v) is 4.32. The van der Waals surface area contributed by atoms with Gasteiger partial charge in [0, 0.05) is 6.54 Å². The lowest BCUT2D eigenvalue weighted by Crippen LogP contribution is -2.42. The van der Waals surface area contributed by atoms with Gasteiger partial charge in [-0.1, -0.05) is 19.4 Å².